The van der Waals surface area contributed by atoms with E-state index in [1.165, 1.54) is 24.3 Å². The fourth-order valence-corrected chi connectivity index (χ4v) is 1.59. The second-order valence-corrected chi connectivity index (χ2v) is 3.85. The van der Waals surface area contributed by atoms with E-state index in [0.717, 1.165) is 0 Å². The molecule has 1 heterocycles. The second kappa shape index (κ2) is 5.33. The Bertz CT molecular complexity index is 682. The Balaban J connectivity index is 2.26. The van der Waals surface area contributed by atoms with Crippen LogP contribution in [-0.4, -0.2) is 9.91 Å². The van der Waals surface area contributed by atoms with Crippen LogP contribution in [0.2, 0.25) is 5.02 Å². The number of hydrogen-bond donors (Lipinski definition) is 0. The van der Waals surface area contributed by atoms with Gasteiger partial charge in [0.15, 0.2) is 0 Å². The number of nitro benzene ring substituents is 1. The summed E-state index contributed by atoms with van der Waals surface area (Å²) in [6, 6.07) is 10.6. The first-order valence-electron chi connectivity index (χ1n) is 5.09. The lowest BCUT2D eigenvalue weighted by Crippen LogP contribution is -1.92. The highest BCUT2D eigenvalue weighted by Gasteiger charge is 2.13. The minimum Gasteiger partial charge on any atom is -0.439 e. The zero-order valence-electron chi connectivity index (χ0n) is 9.41. The van der Waals surface area contributed by atoms with Crippen molar-refractivity contribution in [2.75, 3.05) is 0 Å². The van der Waals surface area contributed by atoms with Crippen LogP contribution in [0.5, 0.6) is 11.6 Å². The molecule has 0 aliphatic carbocycles. The van der Waals surface area contributed by atoms with Crippen LogP contribution >= 0.6 is 11.6 Å². The Hall–Kier alpha value is -2.65. The summed E-state index contributed by atoms with van der Waals surface area (Å²) >= 11 is 5.75. The first kappa shape index (κ1) is 12.8. The van der Waals surface area contributed by atoms with Crippen molar-refractivity contribution in [3.63, 3.8) is 0 Å². The van der Waals surface area contributed by atoms with Crippen LogP contribution in [0.1, 0.15) is 5.69 Å². The van der Waals surface area contributed by atoms with E-state index in [-0.39, 0.29) is 22.3 Å². The van der Waals surface area contributed by atoms with Gasteiger partial charge in [-0.3, -0.25) is 10.1 Å². The average molecular weight is 276 g/mol. The summed E-state index contributed by atoms with van der Waals surface area (Å²) in [6.07, 6.45) is 0. The minimum atomic E-state index is -0.583. The molecule has 0 radical (unpaired) electrons. The number of benzene rings is 1. The molecule has 0 saturated carbocycles. The van der Waals surface area contributed by atoms with Gasteiger partial charge in [0.2, 0.25) is 5.88 Å². The molecule has 1 aromatic heterocycles. The van der Waals surface area contributed by atoms with Gasteiger partial charge in [-0.15, -0.1) is 0 Å². The van der Waals surface area contributed by atoms with Gasteiger partial charge in [0.25, 0.3) is 5.69 Å². The molecule has 0 amide bonds. The van der Waals surface area contributed by atoms with Crippen molar-refractivity contribution in [1.82, 2.24) is 4.98 Å². The Morgan fingerprint density at radius 3 is 2.79 bits per heavy atom. The van der Waals surface area contributed by atoms with Crippen molar-refractivity contribution in [2.24, 2.45) is 0 Å². The summed E-state index contributed by atoms with van der Waals surface area (Å²) in [7, 11) is 0. The third kappa shape index (κ3) is 2.97. The smallest absolute Gasteiger partial charge is 0.288 e. The lowest BCUT2D eigenvalue weighted by Gasteiger charge is -2.05. The largest absolute Gasteiger partial charge is 0.439 e. The lowest BCUT2D eigenvalue weighted by atomic mass is 10.3. The van der Waals surface area contributed by atoms with E-state index in [4.69, 9.17) is 21.6 Å². The summed E-state index contributed by atoms with van der Waals surface area (Å²) in [5.74, 6) is 0.516. The molecule has 0 fully saturated rings. The highest BCUT2D eigenvalue weighted by Crippen LogP contribution is 2.30. The molecule has 6 nitrogen and oxygen atoms in total. The summed E-state index contributed by atoms with van der Waals surface area (Å²) < 4.78 is 5.37. The number of rotatable bonds is 3. The van der Waals surface area contributed by atoms with Gasteiger partial charge in [-0.1, -0.05) is 17.7 Å². The van der Waals surface area contributed by atoms with E-state index >= 15 is 0 Å². The fourth-order valence-electron chi connectivity index (χ4n) is 1.35. The van der Waals surface area contributed by atoms with Gasteiger partial charge in [-0.25, -0.2) is 4.98 Å². The van der Waals surface area contributed by atoms with E-state index in [2.05, 4.69) is 4.98 Å². The van der Waals surface area contributed by atoms with Crippen molar-refractivity contribution in [3.05, 3.63) is 57.2 Å². The van der Waals surface area contributed by atoms with Crippen LogP contribution in [-0.2, 0) is 0 Å². The number of aromatic nitrogens is 1. The number of pyridine rings is 1. The van der Waals surface area contributed by atoms with Crippen LogP contribution in [0.15, 0.2) is 36.4 Å². The van der Waals surface area contributed by atoms with Gasteiger partial charge >= 0.3 is 0 Å². The Morgan fingerprint density at radius 1 is 1.37 bits per heavy atom. The SMILES string of the molecule is N#Cc1cccc(Oc2ccc([N+](=O)[O-])c(Cl)c2)n1. The number of nitriles is 1. The first-order chi connectivity index (χ1) is 9.10. The monoisotopic (exact) mass is 275 g/mol. The van der Waals surface area contributed by atoms with E-state index in [1.54, 1.807) is 12.1 Å². The number of hydrogen-bond acceptors (Lipinski definition) is 5. The molecule has 0 bridgehead atoms. The van der Waals surface area contributed by atoms with Gasteiger partial charge in [0.1, 0.15) is 22.5 Å². The van der Waals surface area contributed by atoms with Crippen molar-refractivity contribution < 1.29 is 9.66 Å². The molecule has 94 valence electrons. The van der Waals surface area contributed by atoms with Crippen LogP contribution in [0.4, 0.5) is 5.69 Å². The van der Waals surface area contributed by atoms with Crippen molar-refractivity contribution in [3.8, 4) is 17.7 Å². The number of ether oxygens (including phenoxy) is 1. The van der Waals surface area contributed by atoms with Gasteiger partial charge in [0, 0.05) is 18.2 Å². The van der Waals surface area contributed by atoms with E-state index in [9.17, 15) is 10.1 Å². The summed E-state index contributed by atoms with van der Waals surface area (Å²) in [5, 5.41) is 19.3. The summed E-state index contributed by atoms with van der Waals surface area (Å²) in [6.45, 7) is 0. The quantitative estimate of drug-likeness (QED) is 0.633. The number of halogens is 1. The van der Waals surface area contributed by atoms with E-state index in [0.29, 0.717) is 5.75 Å². The number of nitro groups is 1. The molecule has 0 spiro atoms. The highest BCUT2D eigenvalue weighted by molar-refractivity contribution is 6.32. The Kier molecular flexibility index (Phi) is 3.59. The van der Waals surface area contributed by atoms with Crippen LogP contribution < -0.4 is 4.74 Å². The van der Waals surface area contributed by atoms with E-state index < -0.39 is 4.92 Å². The topological polar surface area (TPSA) is 89.0 Å². The van der Waals surface area contributed by atoms with E-state index in [1.807, 2.05) is 6.07 Å². The van der Waals surface area contributed by atoms with Crippen LogP contribution in [0.3, 0.4) is 0 Å². The predicted octanol–water partition coefficient (Wildman–Crippen LogP) is 3.31. The fraction of sp³-hybridized carbons (Fsp3) is 0. The van der Waals surface area contributed by atoms with Gasteiger partial charge in [-0.2, -0.15) is 5.26 Å². The van der Waals surface area contributed by atoms with Crippen molar-refractivity contribution in [1.29, 1.82) is 5.26 Å². The van der Waals surface area contributed by atoms with Gasteiger partial charge in [0.05, 0.1) is 4.92 Å². The Morgan fingerprint density at radius 2 is 2.16 bits per heavy atom. The average Bonchev–Trinajstić information content (AvgIpc) is 2.38. The maximum atomic E-state index is 10.6. The Labute approximate surface area is 113 Å². The van der Waals surface area contributed by atoms with Crippen LogP contribution in [0.25, 0.3) is 0 Å². The minimum absolute atomic E-state index is 0.0288. The molecular formula is C12H6ClN3O3. The molecule has 0 atom stereocenters. The third-order valence-electron chi connectivity index (χ3n) is 2.18. The number of nitrogens with zero attached hydrogens (tertiary/aromatic N) is 3. The maximum Gasteiger partial charge on any atom is 0.288 e. The van der Waals surface area contributed by atoms with Crippen molar-refractivity contribution in [2.45, 2.75) is 0 Å². The zero-order valence-corrected chi connectivity index (χ0v) is 10.2. The molecule has 1 aromatic carbocycles. The third-order valence-corrected chi connectivity index (χ3v) is 2.48. The lowest BCUT2D eigenvalue weighted by molar-refractivity contribution is -0.384. The molecular weight excluding hydrogens is 270 g/mol. The second-order valence-electron chi connectivity index (χ2n) is 3.45. The molecule has 7 heteroatoms. The first-order valence-corrected chi connectivity index (χ1v) is 5.47. The molecule has 19 heavy (non-hydrogen) atoms. The molecule has 0 saturated heterocycles. The molecule has 0 aliphatic rings. The molecule has 0 aliphatic heterocycles. The molecule has 2 rings (SSSR count). The maximum absolute atomic E-state index is 10.6. The molecule has 0 unspecified atom stereocenters. The molecule has 0 N–H and O–H groups in total. The van der Waals surface area contributed by atoms with Crippen molar-refractivity contribution >= 4 is 17.3 Å². The molecule has 2 aromatic rings. The highest BCUT2D eigenvalue weighted by atomic mass is 35.5. The normalized spacial score (nSPS) is 9.68. The van der Waals surface area contributed by atoms with Gasteiger partial charge < -0.3 is 4.74 Å². The zero-order chi connectivity index (χ0) is 13.8. The standard InChI is InChI=1S/C12H6ClN3O3/c13-10-6-9(4-5-11(10)16(17)18)19-12-3-1-2-8(7-14)15-12/h1-6H. The predicted molar refractivity (Wildman–Crippen MR) is 67.1 cm³/mol. The van der Waals surface area contributed by atoms with Gasteiger partial charge in [-0.05, 0) is 12.1 Å². The summed E-state index contributed by atoms with van der Waals surface area (Å²) in [4.78, 5) is 13.9. The van der Waals surface area contributed by atoms with Crippen LogP contribution in [0, 0.1) is 21.4 Å². The summed E-state index contributed by atoms with van der Waals surface area (Å²) in [5.41, 5.74) is 0.0123.